The molecular formula is C11H13ClO2S. The van der Waals surface area contributed by atoms with Crippen molar-refractivity contribution in [3.8, 4) is 0 Å². The summed E-state index contributed by atoms with van der Waals surface area (Å²) in [7, 11) is 1.38. The number of carbonyl (C=O) groups excluding carboxylic acids is 1. The zero-order valence-electron chi connectivity index (χ0n) is 8.75. The normalized spacial score (nSPS) is 10.1. The SMILES string of the molecule is CCSc1ccc(CC(=O)OC)cc1Cl. The van der Waals surface area contributed by atoms with E-state index in [1.807, 2.05) is 18.2 Å². The molecular weight excluding hydrogens is 232 g/mol. The third-order valence-electron chi connectivity index (χ3n) is 1.87. The summed E-state index contributed by atoms with van der Waals surface area (Å²) in [5.74, 6) is 0.734. The van der Waals surface area contributed by atoms with Crippen molar-refractivity contribution < 1.29 is 9.53 Å². The van der Waals surface area contributed by atoms with Crippen LogP contribution in [0.4, 0.5) is 0 Å². The van der Waals surface area contributed by atoms with Gasteiger partial charge in [0.2, 0.25) is 0 Å². The molecule has 1 aromatic rings. The van der Waals surface area contributed by atoms with Gasteiger partial charge in [-0.1, -0.05) is 24.6 Å². The first-order chi connectivity index (χ1) is 7.17. The van der Waals surface area contributed by atoms with Crippen molar-refractivity contribution in [3.05, 3.63) is 28.8 Å². The van der Waals surface area contributed by atoms with E-state index in [0.717, 1.165) is 16.2 Å². The van der Waals surface area contributed by atoms with E-state index < -0.39 is 0 Å². The van der Waals surface area contributed by atoms with Gasteiger partial charge in [-0.05, 0) is 23.4 Å². The highest BCUT2D eigenvalue weighted by Gasteiger charge is 2.06. The van der Waals surface area contributed by atoms with Crippen LogP contribution >= 0.6 is 23.4 Å². The molecule has 0 saturated carbocycles. The lowest BCUT2D eigenvalue weighted by atomic mass is 10.1. The molecule has 0 amide bonds. The van der Waals surface area contributed by atoms with Crippen molar-refractivity contribution in [2.75, 3.05) is 12.9 Å². The van der Waals surface area contributed by atoms with Crippen LogP contribution in [-0.4, -0.2) is 18.8 Å². The zero-order chi connectivity index (χ0) is 11.3. The molecule has 0 unspecified atom stereocenters. The first-order valence-electron chi connectivity index (χ1n) is 4.65. The van der Waals surface area contributed by atoms with Crippen LogP contribution in [0.1, 0.15) is 12.5 Å². The van der Waals surface area contributed by atoms with E-state index in [-0.39, 0.29) is 12.4 Å². The average Bonchev–Trinajstić information content (AvgIpc) is 2.22. The fourth-order valence-electron chi connectivity index (χ4n) is 1.17. The molecule has 0 heterocycles. The number of methoxy groups -OCH3 is 1. The van der Waals surface area contributed by atoms with Gasteiger partial charge >= 0.3 is 5.97 Å². The second-order valence-corrected chi connectivity index (χ2v) is 4.66. The highest BCUT2D eigenvalue weighted by molar-refractivity contribution is 7.99. The Labute approximate surface area is 99.0 Å². The van der Waals surface area contributed by atoms with Crippen molar-refractivity contribution in [1.82, 2.24) is 0 Å². The molecule has 2 nitrogen and oxygen atoms in total. The summed E-state index contributed by atoms with van der Waals surface area (Å²) in [6, 6.07) is 5.66. The maximum absolute atomic E-state index is 11.0. The van der Waals surface area contributed by atoms with Gasteiger partial charge in [0.15, 0.2) is 0 Å². The Morgan fingerprint density at radius 1 is 1.53 bits per heavy atom. The Balaban J connectivity index is 2.77. The van der Waals surface area contributed by atoms with Gasteiger partial charge in [0.05, 0.1) is 18.6 Å². The summed E-state index contributed by atoms with van der Waals surface area (Å²) in [5, 5.41) is 0.697. The minimum absolute atomic E-state index is 0.248. The van der Waals surface area contributed by atoms with E-state index in [2.05, 4.69) is 11.7 Å². The molecule has 1 aromatic carbocycles. The van der Waals surface area contributed by atoms with Crippen LogP contribution in [-0.2, 0) is 16.0 Å². The lowest BCUT2D eigenvalue weighted by molar-refractivity contribution is -0.139. The topological polar surface area (TPSA) is 26.3 Å². The van der Waals surface area contributed by atoms with Gasteiger partial charge in [-0.25, -0.2) is 0 Å². The van der Waals surface area contributed by atoms with Crippen molar-refractivity contribution >= 4 is 29.3 Å². The van der Waals surface area contributed by atoms with Crippen LogP contribution < -0.4 is 0 Å². The van der Waals surface area contributed by atoms with Gasteiger partial charge in [-0.2, -0.15) is 0 Å². The van der Waals surface area contributed by atoms with Crippen LogP contribution in [0.3, 0.4) is 0 Å². The van der Waals surface area contributed by atoms with Gasteiger partial charge in [-0.3, -0.25) is 4.79 Å². The molecule has 0 fully saturated rings. The molecule has 0 atom stereocenters. The van der Waals surface area contributed by atoms with Crippen molar-refractivity contribution in [1.29, 1.82) is 0 Å². The fourth-order valence-corrected chi connectivity index (χ4v) is 2.20. The number of carbonyl (C=O) groups is 1. The van der Waals surface area contributed by atoms with Crippen LogP contribution in [0.2, 0.25) is 5.02 Å². The average molecular weight is 245 g/mol. The van der Waals surface area contributed by atoms with Crippen molar-refractivity contribution in [3.63, 3.8) is 0 Å². The van der Waals surface area contributed by atoms with Crippen LogP contribution in [0, 0.1) is 0 Å². The third-order valence-corrected chi connectivity index (χ3v) is 3.25. The van der Waals surface area contributed by atoms with Crippen LogP contribution in [0.25, 0.3) is 0 Å². The Hall–Kier alpha value is -0.670. The standard InChI is InChI=1S/C11H13ClO2S/c1-3-15-10-5-4-8(6-9(10)12)7-11(13)14-2/h4-6H,3,7H2,1-2H3. The summed E-state index contributed by atoms with van der Waals surface area (Å²) >= 11 is 7.75. The molecule has 0 aromatic heterocycles. The third kappa shape index (κ3) is 3.76. The van der Waals surface area contributed by atoms with E-state index in [1.165, 1.54) is 7.11 Å². The van der Waals surface area contributed by atoms with Crippen LogP contribution in [0.15, 0.2) is 23.1 Å². The monoisotopic (exact) mass is 244 g/mol. The highest BCUT2D eigenvalue weighted by atomic mass is 35.5. The van der Waals surface area contributed by atoms with Gasteiger partial charge < -0.3 is 4.74 Å². The summed E-state index contributed by atoms with van der Waals surface area (Å²) < 4.78 is 4.58. The number of halogens is 1. The van der Waals surface area contributed by atoms with E-state index in [9.17, 15) is 4.79 Å². The Kier molecular flexibility index (Phi) is 4.99. The maximum atomic E-state index is 11.0. The molecule has 15 heavy (non-hydrogen) atoms. The molecule has 0 radical (unpaired) electrons. The highest BCUT2D eigenvalue weighted by Crippen LogP contribution is 2.27. The smallest absolute Gasteiger partial charge is 0.309 e. The number of ether oxygens (including phenoxy) is 1. The molecule has 4 heteroatoms. The second kappa shape index (κ2) is 6.03. The number of benzene rings is 1. The van der Waals surface area contributed by atoms with Gasteiger partial charge in [0.1, 0.15) is 0 Å². The predicted octanol–water partition coefficient (Wildman–Crippen LogP) is 3.17. The molecule has 0 spiro atoms. The largest absolute Gasteiger partial charge is 0.469 e. The summed E-state index contributed by atoms with van der Waals surface area (Å²) in [5.41, 5.74) is 0.882. The number of thioether (sulfide) groups is 1. The van der Waals surface area contributed by atoms with Gasteiger partial charge in [0.25, 0.3) is 0 Å². The fraction of sp³-hybridized carbons (Fsp3) is 0.364. The minimum Gasteiger partial charge on any atom is -0.469 e. The number of hydrogen-bond donors (Lipinski definition) is 0. The van der Waals surface area contributed by atoms with E-state index >= 15 is 0 Å². The quantitative estimate of drug-likeness (QED) is 0.601. The number of esters is 1. The van der Waals surface area contributed by atoms with E-state index in [4.69, 9.17) is 11.6 Å². The first kappa shape index (κ1) is 12.4. The Morgan fingerprint density at radius 3 is 2.80 bits per heavy atom. The minimum atomic E-state index is -0.248. The first-order valence-corrected chi connectivity index (χ1v) is 6.01. The number of rotatable bonds is 4. The molecule has 0 aliphatic rings. The van der Waals surface area contributed by atoms with Gasteiger partial charge in [-0.15, -0.1) is 11.8 Å². The predicted molar refractivity (Wildman–Crippen MR) is 63.6 cm³/mol. The number of hydrogen-bond acceptors (Lipinski definition) is 3. The van der Waals surface area contributed by atoms with Crippen molar-refractivity contribution in [2.45, 2.75) is 18.2 Å². The summed E-state index contributed by atoms with van der Waals surface area (Å²) in [4.78, 5) is 12.1. The molecule has 0 aliphatic carbocycles. The molecule has 82 valence electrons. The van der Waals surface area contributed by atoms with Gasteiger partial charge in [0, 0.05) is 4.90 Å². The Morgan fingerprint density at radius 2 is 2.27 bits per heavy atom. The molecule has 0 N–H and O–H groups in total. The van der Waals surface area contributed by atoms with Crippen LogP contribution in [0.5, 0.6) is 0 Å². The zero-order valence-corrected chi connectivity index (χ0v) is 10.3. The molecule has 1 rings (SSSR count). The van der Waals surface area contributed by atoms with E-state index in [1.54, 1.807) is 11.8 Å². The molecule has 0 aliphatic heterocycles. The van der Waals surface area contributed by atoms with Crippen molar-refractivity contribution in [2.24, 2.45) is 0 Å². The summed E-state index contributed by atoms with van der Waals surface area (Å²) in [6.45, 7) is 2.07. The lowest BCUT2D eigenvalue weighted by Gasteiger charge is -2.05. The Bertz CT molecular complexity index is 352. The summed E-state index contributed by atoms with van der Waals surface area (Å²) in [6.07, 6.45) is 0.271. The lowest BCUT2D eigenvalue weighted by Crippen LogP contribution is -2.04. The maximum Gasteiger partial charge on any atom is 0.309 e. The molecule has 0 saturated heterocycles. The molecule has 0 bridgehead atoms. The van der Waals surface area contributed by atoms with E-state index in [0.29, 0.717) is 5.02 Å². The second-order valence-electron chi connectivity index (χ2n) is 2.95.